The lowest BCUT2D eigenvalue weighted by atomic mass is 10.2. The molecule has 0 atom stereocenters. The summed E-state index contributed by atoms with van der Waals surface area (Å²) in [6.45, 7) is 5.79. The van der Waals surface area contributed by atoms with E-state index in [2.05, 4.69) is 5.32 Å². The summed E-state index contributed by atoms with van der Waals surface area (Å²) in [5.41, 5.74) is -0.301. The fourth-order valence-electron chi connectivity index (χ4n) is 1.81. The minimum Gasteiger partial charge on any atom is -0.447 e. The Balaban J connectivity index is 2.09. The Morgan fingerprint density at radius 1 is 1.43 bits per heavy atom. The van der Waals surface area contributed by atoms with Crippen LogP contribution in [0, 0.1) is 5.82 Å². The second-order valence-corrected chi connectivity index (χ2v) is 5.56. The molecule has 0 saturated carbocycles. The highest BCUT2D eigenvalue weighted by Gasteiger charge is 2.24. The zero-order valence-corrected chi connectivity index (χ0v) is 12.1. The monoisotopic (exact) mass is 296 g/mol. The van der Waals surface area contributed by atoms with Crippen molar-refractivity contribution < 1.29 is 23.5 Å². The molecular formula is C14H17FN2O4. The van der Waals surface area contributed by atoms with E-state index >= 15 is 0 Å². The Bertz CT molecular complexity index is 569. The number of carbonyl (C=O) groups is 2. The summed E-state index contributed by atoms with van der Waals surface area (Å²) in [5.74, 6) is -0.655. The van der Waals surface area contributed by atoms with Gasteiger partial charge in [-0.15, -0.1) is 0 Å². The third-order valence-corrected chi connectivity index (χ3v) is 2.66. The highest BCUT2D eigenvalue weighted by atomic mass is 19.1. The van der Waals surface area contributed by atoms with Crippen molar-refractivity contribution in [2.75, 3.05) is 23.4 Å². The third kappa shape index (κ3) is 3.84. The predicted molar refractivity (Wildman–Crippen MR) is 75.0 cm³/mol. The number of halogens is 1. The molecule has 1 N–H and O–H groups in total. The van der Waals surface area contributed by atoms with Crippen LogP contribution >= 0.6 is 0 Å². The molecule has 114 valence electrons. The molecule has 1 heterocycles. The lowest BCUT2D eigenvalue weighted by Gasteiger charge is -2.20. The van der Waals surface area contributed by atoms with Crippen molar-refractivity contribution in [3.63, 3.8) is 0 Å². The predicted octanol–water partition coefficient (Wildman–Crippen LogP) is 3.13. The van der Waals surface area contributed by atoms with Gasteiger partial charge in [-0.1, -0.05) is 0 Å². The van der Waals surface area contributed by atoms with Gasteiger partial charge >= 0.3 is 12.2 Å². The number of benzene rings is 1. The molecule has 1 aliphatic heterocycles. The first-order chi connectivity index (χ1) is 9.76. The first-order valence-corrected chi connectivity index (χ1v) is 6.50. The smallest absolute Gasteiger partial charge is 0.414 e. The molecule has 6 nitrogen and oxygen atoms in total. The normalized spacial score (nSPS) is 14.9. The van der Waals surface area contributed by atoms with Crippen LogP contribution < -0.4 is 10.2 Å². The van der Waals surface area contributed by atoms with Crippen molar-refractivity contribution in [2.45, 2.75) is 26.4 Å². The van der Waals surface area contributed by atoms with E-state index in [1.165, 1.54) is 23.1 Å². The van der Waals surface area contributed by atoms with Gasteiger partial charge in [0, 0.05) is 0 Å². The standard InChI is InChI=1S/C14H17FN2O4/c1-14(2,3)21-12(18)16-11-5-4-9(8-10(11)15)17-6-7-20-13(17)19/h4-5,8H,6-7H2,1-3H3,(H,16,18). The van der Waals surface area contributed by atoms with E-state index in [9.17, 15) is 14.0 Å². The van der Waals surface area contributed by atoms with Crippen molar-refractivity contribution in [2.24, 2.45) is 0 Å². The molecular weight excluding hydrogens is 279 g/mol. The van der Waals surface area contributed by atoms with Crippen molar-refractivity contribution in [3.05, 3.63) is 24.0 Å². The van der Waals surface area contributed by atoms with Gasteiger partial charge in [0.25, 0.3) is 0 Å². The molecule has 21 heavy (non-hydrogen) atoms. The van der Waals surface area contributed by atoms with Crippen LogP contribution in [0.4, 0.5) is 25.4 Å². The Hall–Kier alpha value is -2.31. The van der Waals surface area contributed by atoms with E-state index in [1.807, 2.05) is 0 Å². The van der Waals surface area contributed by atoms with E-state index < -0.39 is 23.6 Å². The number of nitrogens with one attached hydrogen (secondary N) is 1. The van der Waals surface area contributed by atoms with Crippen LogP contribution in [0.5, 0.6) is 0 Å². The summed E-state index contributed by atoms with van der Waals surface area (Å²) in [6.07, 6.45) is -1.25. The number of nitrogens with zero attached hydrogens (tertiary/aromatic N) is 1. The largest absolute Gasteiger partial charge is 0.447 e. The van der Waals surface area contributed by atoms with Crippen LogP contribution in [0.25, 0.3) is 0 Å². The van der Waals surface area contributed by atoms with Crippen LogP contribution in [-0.4, -0.2) is 30.9 Å². The molecule has 0 unspecified atom stereocenters. The second kappa shape index (κ2) is 5.59. The number of ether oxygens (including phenoxy) is 2. The quantitative estimate of drug-likeness (QED) is 0.910. The maximum Gasteiger partial charge on any atom is 0.414 e. The molecule has 2 rings (SSSR count). The number of hydrogen-bond acceptors (Lipinski definition) is 4. The third-order valence-electron chi connectivity index (χ3n) is 2.66. The molecule has 1 saturated heterocycles. The Labute approximate surface area is 121 Å². The zero-order chi connectivity index (χ0) is 15.6. The molecule has 1 fully saturated rings. The highest BCUT2D eigenvalue weighted by molar-refractivity contribution is 5.90. The van der Waals surface area contributed by atoms with Crippen molar-refractivity contribution in [1.29, 1.82) is 0 Å². The summed E-state index contributed by atoms with van der Waals surface area (Å²) >= 11 is 0. The van der Waals surface area contributed by atoms with Crippen molar-refractivity contribution in [3.8, 4) is 0 Å². The molecule has 0 spiro atoms. The van der Waals surface area contributed by atoms with E-state index in [1.54, 1.807) is 20.8 Å². The first kappa shape index (κ1) is 15.1. The lowest BCUT2D eigenvalue weighted by Crippen LogP contribution is -2.27. The van der Waals surface area contributed by atoms with Gasteiger partial charge in [0.2, 0.25) is 0 Å². The number of amides is 2. The maximum atomic E-state index is 14.0. The Morgan fingerprint density at radius 2 is 2.14 bits per heavy atom. The minimum absolute atomic E-state index is 0.0134. The summed E-state index contributed by atoms with van der Waals surface area (Å²) in [6, 6.07) is 4.07. The molecule has 0 bridgehead atoms. The van der Waals surface area contributed by atoms with Gasteiger partial charge in [0.15, 0.2) is 0 Å². The maximum absolute atomic E-state index is 14.0. The van der Waals surface area contributed by atoms with Gasteiger partial charge in [0.1, 0.15) is 18.0 Å². The number of carbonyl (C=O) groups excluding carboxylic acids is 2. The second-order valence-electron chi connectivity index (χ2n) is 5.56. The van der Waals surface area contributed by atoms with E-state index in [0.29, 0.717) is 12.2 Å². The minimum atomic E-state index is -0.741. The number of rotatable bonds is 2. The first-order valence-electron chi connectivity index (χ1n) is 6.50. The molecule has 0 aliphatic carbocycles. The molecule has 0 aromatic heterocycles. The van der Waals surface area contributed by atoms with Crippen LogP contribution in [0.15, 0.2) is 18.2 Å². The average molecular weight is 296 g/mol. The van der Waals surface area contributed by atoms with Crippen molar-refractivity contribution in [1.82, 2.24) is 0 Å². The van der Waals surface area contributed by atoms with Crippen LogP contribution in [-0.2, 0) is 9.47 Å². The van der Waals surface area contributed by atoms with Gasteiger partial charge in [-0.05, 0) is 39.0 Å². The van der Waals surface area contributed by atoms with Gasteiger partial charge < -0.3 is 9.47 Å². The Morgan fingerprint density at radius 3 is 2.67 bits per heavy atom. The van der Waals surface area contributed by atoms with E-state index in [4.69, 9.17) is 9.47 Å². The van der Waals surface area contributed by atoms with E-state index in [-0.39, 0.29) is 12.3 Å². The van der Waals surface area contributed by atoms with E-state index in [0.717, 1.165) is 0 Å². The number of anilines is 2. The molecule has 7 heteroatoms. The highest BCUT2D eigenvalue weighted by Crippen LogP contribution is 2.24. The number of cyclic esters (lactones) is 1. The fourth-order valence-corrected chi connectivity index (χ4v) is 1.81. The molecule has 2 amide bonds. The molecule has 1 aliphatic rings. The Kier molecular flexibility index (Phi) is 4.02. The zero-order valence-electron chi connectivity index (χ0n) is 12.1. The van der Waals surface area contributed by atoms with Crippen LogP contribution in [0.1, 0.15) is 20.8 Å². The van der Waals surface area contributed by atoms with Crippen LogP contribution in [0.2, 0.25) is 0 Å². The summed E-state index contributed by atoms with van der Waals surface area (Å²) in [5, 5.41) is 2.32. The van der Waals surface area contributed by atoms with Gasteiger partial charge in [-0.3, -0.25) is 10.2 Å². The SMILES string of the molecule is CC(C)(C)OC(=O)Nc1ccc(N2CCOC2=O)cc1F. The average Bonchev–Trinajstić information content (AvgIpc) is 2.76. The molecule has 0 radical (unpaired) electrons. The fraction of sp³-hybridized carbons (Fsp3) is 0.429. The summed E-state index contributed by atoms with van der Waals surface area (Å²) in [4.78, 5) is 24.3. The lowest BCUT2D eigenvalue weighted by molar-refractivity contribution is 0.0635. The molecule has 1 aromatic carbocycles. The van der Waals surface area contributed by atoms with Gasteiger partial charge in [-0.25, -0.2) is 14.0 Å². The van der Waals surface area contributed by atoms with Gasteiger partial charge in [0.05, 0.1) is 17.9 Å². The summed E-state index contributed by atoms with van der Waals surface area (Å²) < 4.78 is 23.8. The molecule has 1 aromatic rings. The van der Waals surface area contributed by atoms with Crippen molar-refractivity contribution >= 4 is 23.6 Å². The van der Waals surface area contributed by atoms with Gasteiger partial charge in [-0.2, -0.15) is 0 Å². The number of hydrogen-bond donors (Lipinski definition) is 1. The summed E-state index contributed by atoms with van der Waals surface area (Å²) in [7, 11) is 0. The van der Waals surface area contributed by atoms with Crippen LogP contribution in [0.3, 0.4) is 0 Å². The topological polar surface area (TPSA) is 67.9 Å².